The summed E-state index contributed by atoms with van der Waals surface area (Å²) in [6.45, 7) is 1.70. The van der Waals surface area contributed by atoms with Crippen molar-refractivity contribution in [1.29, 1.82) is 0 Å². The van der Waals surface area contributed by atoms with Crippen LogP contribution in [0.5, 0.6) is 0 Å². The van der Waals surface area contributed by atoms with Gasteiger partial charge < -0.3 is 9.63 Å². The van der Waals surface area contributed by atoms with Gasteiger partial charge in [-0.3, -0.25) is 0 Å². The minimum atomic E-state index is -0.403. The lowest BCUT2D eigenvalue weighted by atomic mass is 10.2. The Morgan fingerprint density at radius 3 is 3.00 bits per heavy atom. The van der Waals surface area contributed by atoms with Gasteiger partial charge in [0.15, 0.2) is 0 Å². The molecule has 0 spiro atoms. The average molecular weight is 236 g/mol. The maximum atomic E-state index is 13.0. The van der Waals surface area contributed by atoms with Gasteiger partial charge in [-0.2, -0.15) is 4.98 Å². The summed E-state index contributed by atoms with van der Waals surface area (Å²) in [4.78, 5) is 4.14. The van der Waals surface area contributed by atoms with Crippen molar-refractivity contribution in [3.63, 3.8) is 0 Å². The molecule has 0 amide bonds. The van der Waals surface area contributed by atoms with Crippen LogP contribution in [0, 0.1) is 5.82 Å². The lowest BCUT2D eigenvalue weighted by Crippen LogP contribution is -2.01. The van der Waals surface area contributed by atoms with E-state index < -0.39 is 6.10 Å². The van der Waals surface area contributed by atoms with Gasteiger partial charge in [-0.25, -0.2) is 4.39 Å². The Morgan fingerprint density at radius 2 is 2.29 bits per heavy atom. The second-order valence-corrected chi connectivity index (χ2v) is 3.91. The van der Waals surface area contributed by atoms with Crippen LogP contribution in [0.15, 0.2) is 28.8 Å². The van der Waals surface area contributed by atoms with E-state index in [-0.39, 0.29) is 5.82 Å². The smallest absolute Gasteiger partial charge is 0.227 e. The Hall–Kier alpha value is -1.75. The number of aliphatic hydroxyl groups excluding tert-OH is 1. The maximum absolute atomic E-state index is 13.0. The van der Waals surface area contributed by atoms with Gasteiger partial charge in [0.25, 0.3) is 0 Å². The van der Waals surface area contributed by atoms with Gasteiger partial charge in [-0.05, 0) is 25.5 Å². The van der Waals surface area contributed by atoms with E-state index in [1.54, 1.807) is 19.1 Å². The maximum Gasteiger partial charge on any atom is 0.227 e. The van der Waals surface area contributed by atoms with Crippen LogP contribution in [0.3, 0.4) is 0 Å². The Bertz CT molecular complexity index is 497. The molecule has 1 aromatic carbocycles. The SMILES string of the molecule is CC(O)CCc1nc(-c2cccc(F)c2)no1. The van der Waals surface area contributed by atoms with Crippen LogP contribution in [-0.4, -0.2) is 21.4 Å². The highest BCUT2D eigenvalue weighted by Gasteiger charge is 2.09. The molecule has 90 valence electrons. The first-order chi connectivity index (χ1) is 8.15. The van der Waals surface area contributed by atoms with Crippen LogP contribution < -0.4 is 0 Å². The fourth-order valence-corrected chi connectivity index (χ4v) is 1.43. The molecule has 1 unspecified atom stereocenters. The van der Waals surface area contributed by atoms with E-state index in [1.165, 1.54) is 12.1 Å². The fraction of sp³-hybridized carbons (Fsp3) is 0.333. The van der Waals surface area contributed by atoms with E-state index in [1.807, 2.05) is 0 Å². The van der Waals surface area contributed by atoms with E-state index in [0.717, 1.165) is 0 Å². The quantitative estimate of drug-likeness (QED) is 0.884. The molecule has 1 N–H and O–H groups in total. The summed E-state index contributed by atoms with van der Waals surface area (Å²) in [6.07, 6.45) is 0.671. The minimum absolute atomic E-state index is 0.335. The molecule has 0 aliphatic heterocycles. The second kappa shape index (κ2) is 5.05. The largest absolute Gasteiger partial charge is 0.393 e. The van der Waals surface area contributed by atoms with Gasteiger partial charge in [0.05, 0.1) is 6.10 Å². The fourth-order valence-electron chi connectivity index (χ4n) is 1.43. The molecule has 0 aliphatic carbocycles. The summed E-state index contributed by atoms with van der Waals surface area (Å²) in [7, 11) is 0. The average Bonchev–Trinajstić information content (AvgIpc) is 2.75. The third kappa shape index (κ3) is 3.10. The standard InChI is InChI=1S/C12H13FN2O2/c1-8(16)5-6-11-14-12(15-17-11)9-3-2-4-10(13)7-9/h2-4,7-8,16H,5-6H2,1H3. The molecular formula is C12H13FN2O2. The number of nitrogens with zero attached hydrogens (tertiary/aromatic N) is 2. The van der Waals surface area contributed by atoms with Crippen molar-refractivity contribution in [1.82, 2.24) is 10.1 Å². The Morgan fingerprint density at radius 1 is 1.47 bits per heavy atom. The molecular weight excluding hydrogens is 223 g/mol. The van der Waals surface area contributed by atoms with Gasteiger partial charge in [0, 0.05) is 12.0 Å². The van der Waals surface area contributed by atoms with Crippen molar-refractivity contribution in [3.8, 4) is 11.4 Å². The molecule has 1 aromatic heterocycles. The zero-order valence-corrected chi connectivity index (χ0v) is 9.43. The molecule has 0 bridgehead atoms. The van der Waals surface area contributed by atoms with Gasteiger partial charge >= 0.3 is 0 Å². The number of aliphatic hydroxyl groups is 1. The van der Waals surface area contributed by atoms with Crippen LogP contribution in [0.25, 0.3) is 11.4 Å². The molecule has 2 rings (SSSR count). The normalized spacial score (nSPS) is 12.6. The molecule has 4 nitrogen and oxygen atoms in total. The van der Waals surface area contributed by atoms with Crippen molar-refractivity contribution in [2.24, 2.45) is 0 Å². The highest BCUT2D eigenvalue weighted by atomic mass is 19.1. The lowest BCUT2D eigenvalue weighted by molar-refractivity contribution is 0.180. The summed E-state index contributed by atoms with van der Waals surface area (Å²) in [5.74, 6) is 0.480. The van der Waals surface area contributed by atoms with Gasteiger partial charge in [-0.15, -0.1) is 0 Å². The van der Waals surface area contributed by atoms with Crippen molar-refractivity contribution in [2.75, 3.05) is 0 Å². The van der Waals surface area contributed by atoms with Crippen LogP contribution in [0.4, 0.5) is 4.39 Å². The highest BCUT2D eigenvalue weighted by Crippen LogP contribution is 2.17. The summed E-state index contributed by atoms with van der Waals surface area (Å²) in [6, 6.07) is 6.02. The third-order valence-corrected chi connectivity index (χ3v) is 2.33. The first-order valence-corrected chi connectivity index (χ1v) is 5.42. The topological polar surface area (TPSA) is 59.2 Å². The molecule has 1 heterocycles. The van der Waals surface area contributed by atoms with E-state index in [0.29, 0.717) is 30.1 Å². The lowest BCUT2D eigenvalue weighted by Gasteiger charge is -1.98. The molecule has 0 fully saturated rings. The van der Waals surface area contributed by atoms with E-state index in [9.17, 15) is 4.39 Å². The van der Waals surface area contributed by atoms with E-state index >= 15 is 0 Å². The summed E-state index contributed by atoms with van der Waals surface area (Å²) in [5.41, 5.74) is 0.581. The zero-order valence-electron chi connectivity index (χ0n) is 9.43. The summed E-state index contributed by atoms with van der Waals surface area (Å²) in [5, 5.41) is 12.9. The monoisotopic (exact) mass is 236 g/mol. The number of aromatic nitrogens is 2. The van der Waals surface area contributed by atoms with Crippen LogP contribution in [0.2, 0.25) is 0 Å². The van der Waals surface area contributed by atoms with Crippen LogP contribution in [-0.2, 0) is 6.42 Å². The molecule has 1 atom stereocenters. The summed E-state index contributed by atoms with van der Waals surface area (Å²) >= 11 is 0. The molecule has 0 radical (unpaired) electrons. The van der Waals surface area contributed by atoms with Gasteiger partial charge in [0.1, 0.15) is 5.82 Å². The predicted molar refractivity (Wildman–Crippen MR) is 59.7 cm³/mol. The first-order valence-electron chi connectivity index (χ1n) is 5.42. The van der Waals surface area contributed by atoms with Gasteiger partial charge in [-0.1, -0.05) is 17.3 Å². The number of hydrogen-bond acceptors (Lipinski definition) is 4. The van der Waals surface area contributed by atoms with Crippen LogP contribution >= 0.6 is 0 Å². The van der Waals surface area contributed by atoms with Crippen molar-refractivity contribution in [2.45, 2.75) is 25.9 Å². The number of hydrogen-bond donors (Lipinski definition) is 1. The van der Waals surface area contributed by atoms with Crippen molar-refractivity contribution >= 4 is 0 Å². The molecule has 5 heteroatoms. The molecule has 0 aliphatic rings. The Balaban J connectivity index is 2.12. The Labute approximate surface area is 98.1 Å². The van der Waals surface area contributed by atoms with Crippen molar-refractivity contribution < 1.29 is 14.0 Å². The molecule has 0 saturated carbocycles. The third-order valence-electron chi connectivity index (χ3n) is 2.33. The van der Waals surface area contributed by atoms with Crippen LogP contribution in [0.1, 0.15) is 19.2 Å². The number of rotatable bonds is 4. The number of aryl methyl sites for hydroxylation is 1. The zero-order chi connectivity index (χ0) is 12.3. The van der Waals surface area contributed by atoms with E-state index in [4.69, 9.17) is 9.63 Å². The first kappa shape index (κ1) is 11.7. The van der Waals surface area contributed by atoms with Gasteiger partial charge in [0.2, 0.25) is 11.7 Å². The predicted octanol–water partition coefficient (Wildman–Crippen LogP) is 2.19. The Kier molecular flexibility index (Phi) is 3.49. The molecule has 17 heavy (non-hydrogen) atoms. The number of halogens is 1. The second-order valence-electron chi connectivity index (χ2n) is 3.91. The van der Waals surface area contributed by atoms with E-state index in [2.05, 4.69) is 10.1 Å². The van der Waals surface area contributed by atoms with Crippen molar-refractivity contribution in [3.05, 3.63) is 36.0 Å². The highest BCUT2D eigenvalue weighted by molar-refractivity contribution is 5.53. The number of benzene rings is 1. The molecule has 2 aromatic rings. The minimum Gasteiger partial charge on any atom is -0.393 e. The summed E-state index contributed by atoms with van der Waals surface area (Å²) < 4.78 is 18.0. The molecule has 0 saturated heterocycles.